The van der Waals surface area contributed by atoms with Crippen LogP contribution in [0.2, 0.25) is 0 Å². The van der Waals surface area contributed by atoms with Crippen LogP contribution in [0.4, 0.5) is 4.79 Å². The molecule has 1 heterocycles. The van der Waals surface area contributed by atoms with E-state index in [1.165, 1.54) is 0 Å². The summed E-state index contributed by atoms with van der Waals surface area (Å²) in [5.41, 5.74) is 0. The van der Waals surface area contributed by atoms with E-state index in [4.69, 9.17) is 5.11 Å². The number of aliphatic carboxylic acids is 1. The van der Waals surface area contributed by atoms with Gasteiger partial charge in [-0.2, -0.15) is 0 Å². The van der Waals surface area contributed by atoms with Gasteiger partial charge in [-0.1, -0.05) is 22.5 Å². The van der Waals surface area contributed by atoms with Crippen LogP contribution in [0.15, 0.2) is 11.1 Å². The third-order valence-corrected chi connectivity index (χ3v) is 3.04. The van der Waals surface area contributed by atoms with E-state index in [0.29, 0.717) is 24.0 Å². The fourth-order valence-corrected chi connectivity index (χ4v) is 1.97. The van der Waals surface area contributed by atoms with Gasteiger partial charge in [0.1, 0.15) is 0 Å². The Morgan fingerprint density at radius 3 is 2.69 bits per heavy atom. The Balaban J connectivity index is 2.53. The Bertz CT molecular complexity index is 319. The monoisotopic (exact) mass is 290 g/mol. The van der Waals surface area contributed by atoms with Crippen molar-refractivity contribution in [2.45, 2.75) is 19.4 Å². The summed E-state index contributed by atoms with van der Waals surface area (Å²) in [6.07, 6.45) is 0.513. The highest BCUT2D eigenvalue weighted by Gasteiger charge is 2.37. The van der Waals surface area contributed by atoms with Crippen molar-refractivity contribution in [3.05, 3.63) is 11.1 Å². The minimum absolute atomic E-state index is 0.239. The molecule has 1 saturated heterocycles. The van der Waals surface area contributed by atoms with Gasteiger partial charge in [0, 0.05) is 17.1 Å². The van der Waals surface area contributed by atoms with Gasteiger partial charge in [-0.3, -0.25) is 4.79 Å². The van der Waals surface area contributed by atoms with Gasteiger partial charge in [-0.15, -0.1) is 0 Å². The zero-order chi connectivity index (χ0) is 12.3. The van der Waals surface area contributed by atoms with Gasteiger partial charge >= 0.3 is 12.0 Å². The Morgan fingerprint density at radius 1 is 1.62 bits per heavy atom. The Kier molecular flexibility index (Phi) is 4.35. The average Bonchev–Trinajstić information content (AvgIpc) is 2.56. The van der Waals surface area contributed by atoms with Gasteiger partial charge in [-0.05, 0) is 13.3 Å². The molecule has 1 rings (SSSR count). The van der Waals surface area contributed by atoms with Crippen LogP contribution in [0.3, 0.4) is 0 Å². The van der Waals surface area contributed by atoms with E-state index in [0.717, 1.165) is 0 Å². The molecule has 1 fully saturated rings. The van der Waals surface area contributed by atoms with Crippen molar-refractivity contribution < 1.29 is 14.7 Å². The maximum atomic E-state index is 11.7. The highest BCUT2D eigenvalue weighted by molar-refractivity contribution is 9.11. The number of halogens is 1. The van der Waals surface area contributed by atoms with Gasteiger partial charge < -0.3 is 15.3 Å². The topological polar surface area (TPSA) is 69.6 Å². The number of amides is 2. The fourth-order valence-electron chi connectivity index (χ4n) is 1.83. The first kappa shape index (κ1) is 13.0. The summed E-state index contributed by atoms with van der Waals surface area (Å²) in [4.78, 5) is 24.1. The van der Waals surface area contributed by atoms with E-state index < -0.39 is 11.9 Å². The van der Waals surface area contributed by atoms with Crippen molar-refractivity contribution in [2.24, 2.45) is 5.92 Å². The SMILES string of the molecule is C=C(Br)CNC(=O)N1CCC(C(=O)O)C1C. The molecule has 0 spiro atoms. The van der Waals surface area contributed by atoms with Gasteiger partial charge in [0.05, 0.1) is 12.5 Å². The Hall–Kier alpha value is -1.04. The van der Waals surface area contributed by atoms with Crippen molar-refractivity contribution >= 4 is 27.9 Å². The first-order valence-corrected chi connectivity index (χ1v) is 5.83. The smallest absolute Gasteiger partial charge is 0.317 e. The quantitative estimate of drug-likeness (QED) is 0.825. The molecule has 1 aliphatic rings. The van der Waals surface area contributed by atoms with Crippen LogP contribution >= 0.6 is 15.9 Å². The van der Waals surface area contributed by atoms with Crippen molar-refractivity contribution in [1.82, 2.24) is 10.2 Å². The second-order valence-electron chi connectivity index (χ2n) is 3.84. The first-order valence-electron chi connectivity index (χ1n) is 5.04. The summed E-state index contributed by atoms with van der Waals surface area (Å²) in [5, 5.41) is 11.6. The number of nitrogens with one attached hydrogen (secondary N) is 1. The van der Waals surface area contributed by atoms with Crippen molar-refractivity contribution in [3.63, 3.8) is 0 Å². The minimum atomic E-state index is -0.840. The molecule has 2 amide bonds. The zero-order valence-corrected chi connectivity index (χ0v) is 10.7. The van der Waals surface area contributed by atoms with Crippen LogP contribution in [-0.4, -0.2) is 41.1 Å². The van der Waals surface area contributed by atoms with Crippen molar-refractivity contribution in [2.75, 3.05) is 13.1 Å². The molecule has 0 saturated carbocycles. The molecule has 2 N–H and O–H groups in total. The van der Waals surface area contributed by atoms with Crippen LogP contribution in [0.25, 0.3) is 0 Å². The summed E-state index contributed by atoms with van der Waals surface area (Å²) in [5.74, 6) is -1.30. The van der Waals surface area contributed by atoms with E-state index in [1.807, 2.05) is 0 Å². The van der Waals surface area contributed by atoms with Crippen LogP contribution in [0.5, 0.6) is 0 Å². The highest BCUT2D eigenvalue weighted by atomic mass is 79.9. The molecule has 2 atom stereocenters. The van der Waals surface area contributed by atoms with E-state index in [-0.39, 0.29) is 12.1 Å². The lowest BCUT2D eigenvalue weighted by molar-refractivity contribution is -0.142. The molecule has 0 bridgehead atoms. The zero-order valence-electron chi connectivity index (χ0n) is 9.07. The number of carbonyl (C=O) groups is 2. The number of hydrogen-bond donors (Lipinski definition) is 2. The first-order chi connectivity index (χ1) is 7.43. The van der Waals surface area contributed by atoms with Crippen LogP contribution < -0.4 is 5.32 Å². The standard InChI is InChI=1S/C10H15BrN2O3/c1-6(11)5-12-10(16)13-4-3-8(7(13)2)9(14)15/h7-8H,1,3-5H2,2H3,(H,12,16)(H,14,15). The van der Waals surface area contributed by atoms with E-state index in [1.54, 1.807) is 11.8 Å². The number of nitrogens with zero attached hydrogens (tertiary/aromatic N) is 1. The fraction of sp³-hybridized carbons (Fsp3) is 0.600. The van der Waals surface area contributed by atoms with Gasteiger partial charge in [0.25, 0.3) is 0 Å². The second-order valence-corrected chi connectivity index (χ2v) is 4.96. The van der Waals surface area contributed by atoms with E-state index in [9.17, 15) is 9.59 Å². The Labute approximate surface area is 103 Å². The van der Waals surface area contributed by atoms with Crippen molar-refractivity contribution in [1.29, 1.82) is 0 Å². The third kappa shape index (κ3) is 2.98. The Morgan fingerprint density at radius 2 is 2.25 bits per heavy atom. The molecule has 16 heavy (non-hydrogen) atoms. The summed E-state index contributed by atoms with van der Waals surface area (Å²) >= 11 is 3.14. The van der Waals surface area contributed by atoms with Gasteiger partial charge in [0.15, 0.2) is 0 Å². The average molecular weight is 291 g/mol. The lowest BCUT2D eigenvalue weighted by Crippen LogP contribution is -2.44. The van der Waals surface area contributed by atoms with Gasteiger partial charge in [0.2, 0.25) is 0 Å². The summed E-state index contributed by atoms with van der Waals surface area (Å²) < 4.78 is 0.683. The summed E-state index contributed by atoms with van der Waals surface area (Å²) in [6.45, 7) is 6.20. The van der Waals surface area contributed by atoms with Crippen LogP contribution in [-0.2, 0) is 4.79 Å². The maximum Gasteiger partial charge on any atom is 0.317 e. The second kappa shape index (κ2) is 5.34. The highest BCUT2D eigenvalue weighted by Crippen LogP contribution is 2.24. The molecule has 1 aliphatic heterocycles. The molecule has 6 heteroatoms. The number of carboxylic acids is 1. The lowest BCUT2D eigenvalue weighted by atomic mass is 10.0. The molecule has 5 nitrogen and oxygen atoms in total. The predicted octanol–water partition coefficient (Wildman–Crippen LogP) is 1.40. The number of likely N-dealkylation sites (tertiary alicyclic amines) is 1. The molecule has 0 radical (unpaired) electrons. The third-order valence-electron chi connectivity index (χ3n) is 2.76. The largest absolute Gasteiger partial charge is 0.481 e. The van der Waals surface area contributed by atoms with E-state index in [2.05, 4.69) is 27.8 Å². The summed E-state index contributed by atoms with van der Waals surface area (Å²) in [6, 6.07) is -0.502. The molecule has 2 unspecified atom stereocenters. The predicted molar refractivity (Wildman–Crippen MR) is 63.4 cm³/mol. The number of rotatable bonds is 3. The minimum Gasteiger partial charge on any atom is -0.481 e. The normalized spacial score (nSPS) is 24.2. The molecular formula is C10H15BrN2O3. The number of carboxylic acid groups (broad SMARTS) is 1. The molecule has 90 valence electrons. The van der Waals surface area contributed by atoms with E-state index >= 15 is 0 Å². The molecule has 0 aromatic rings. The van der Waals surface area contributed by atoms with Crippen LogP contribution in [0, 0.1) is 5.92 Å². The van der Waals surface area contributed by atoms with Gasteiger partial charge in [-0.25, -0.2) is 4.79 Å². The molecular weight excluding hydrogens is 276 g/mol. The maximum absolute atomic E-state index is 11.7. The molecule has 0 aromatic carbocycles. The number of urea groups is 1. The molecule has 0 aliphatic carbocycles. The van der Waals surface area contributed by atoms with Crippen LogP contribution in [0.1, 0.15) is 13.3 Å². The number of hydrogen-bond acceptors (Lipinski definition) is 2. The number of carbonyl (C=O) groups excluding carboxylic acids is 1. The summed E-state index contributed by atoms with van der Waals surface area (Å²) in [7, 11) is 0. The van der Waals surface area contributed by atoms with Crippen molar-refractivity contribution in [3.8, 4) is 0 Å². The lowest BCUT2D eigenvalue weighted by Gasteiger charge is -2.23. The molecule has 0 aromatic heterocycles.